The molecule has 0 aliphatic carbocycles. The standard InChI is InChI=1S/C13H13N3/c1-8-3-5-10(6-4-8)12-9(2)11(7-14)13(15)16-12/h3-6,16H,15H2,1-2H3. The molecule has 1 aromatic carbocycles. The molecule has 0 unspecified atom stereocenters. The Bertz CT molecular complexity index is 556. The number of H-pyrrole nitrogens is 1. The molecule has 3 nitrogen and oxygen atoms in total. The zero-order valence-electron chi connectivity index (χ0n) is 9.33. The molecule has 80 valence electrons. The van der Waals surface area contributed by atoms with Gasteiger partial charge in [0.1, 0.15) is 11.9 Å². The monoisotopic (exact) mass is 211 g/mol. The molecule has 1 aromatic heterocycles. The van der Waals surface area contributed by atoms with E-state index in [0.717, 1.165) is 16.8 Å². The molecule has 0 radical (unpaired) electrons. The smallest absolute Gasteiger partial charge is 0.119 e. The van der Waals surface area contributed by atoms with Crippen LogP contribution in [-0.2, 0) is 0 Å². The fraction of sp³-hybridized carbons (Fsp3) is 0.154. The van der Waals surface area contributed by atoms with Gasteiger partial charge in [-0.05, 0) is 25.0 Å². The molecule has 0 amide bonds. The first kappa shape index (κ1) is 10.3. The van der Waals surface area contributed by atoms with Crippen LogP contribution in [0, 0.1) is 25.2 Å². The lowest BCUT2D eigenvalue weighted by atomic mass is 10.1. The SMILES string of the molecule is Cc1ccc(-c2[nH]c(N)c(C#N)c2C)cc1. The molecule has 0 spiro atoms. The molecule has 0 fully saturated rings. The van der Waals surface area contributed by atoms with Gasteiger partial charge < -0.3 is 10.7 Å². The van der Waals surface area contributed by atoms with Crippen molar-refractivity contribution in [3.63, 3.8) is 0 Å². The number of aromatic amines is 1. The number of nitrogens with zero attached hydrogens (tertiary/aromatic N) is 1. The number of hydrogen-bond donors (Lipinski definition) is 2. The summed E-state index contributed by atoms with van der Waals surface area (Å²) >= 11 is 0. The molecule has 3 heteroatoms. The zero-order valence-corrected chi connectivity index (χ0v) is 9.33. The first-order valence-electron chi connectivity index (χ1n) is 5.08. The van der Waals surface area contributed by atoms with Gasteiger partial charge in [0.2, 0.25) is 0 Å². The first-order valence-corrected chi connectivity index (χ1v) is 5.08. The predicted octanol–water partition coefficient (Wildman–Crippen LogP) is 2.75. The third-order valence-corrected chi connectivity index (χ3v) is 2.73. The molecule has 0 aliphatic heterocycles. The van der Waals surface area contributed by atoms with Crippen molar-refractivity contribution >= 4 is 5.82 Å². The van der Waals surface area contributed by atoms with Gasteiger partial charge in [-0.15, -0.1) is 0 Å². The predicted molar refractivity (Wildman–Crippen MR) is 64.8 cm³/mol. The van der Waals surface area contributed by atoms with Crippen molar-refractivity contribution in [1.29, 1.82) is 5.26 Å². The summed E-state index contributed by atoms with van der Waals surface area (Å²) in [6.07, 6.45) is 0. The maximum atomic E-state index is 8.95. The quantitative estimate of drug-likeness (QED) is 0.761. The normalized spacial score (nSPS) is 10.1. The maximum Gasteiger partial charge on any atom is 0.119 e. The second-order valence-electron chi connectivity index (χ2n) is 3.89. The summed E-state index contributed by atoms with van der Waals surface area (Å²) in [7, 11) is 0. The van der Waals surface area contributed by atoms with E-state index in [4.69, 9.17) is 11.0 Å². The molecule has 1 heterocycles. The topological polar surface area (TPSA) is 65.6 Å². The van der Waals surface area contributed by atoms with E-state index in [1.165, 1.54) is 5.56 Å². The van der Waals surface area contributed by atoms with E-state index in [1.807, 2.05) is 38.1 Å². The Morgan fingerprint density at radius 1 is 1.19 bits per heavy atom. The van der Waals surface area contributed by atoms with Crippen LogP contribution in [0.15, 0.2) is 24.3 Å². The Morgan fingerprint density at radius 2 is 1.81 bits per heavy atom. The van der Waals surface area contributed by atoms with Gasteiger partial charge in [0.25, 0.3) is 0 Å². The Kier molecular flexibility index (Phi) is 2.41. The van der Waals surface area contributed by atoms with Gasteiger partial charge >= 0.3 is 0 Å². The number of hydrogen-bond acceptors (Lipinski definition) is 2. The van der Waals surface area contributed by atoms with Gasteiger partial charge in [-0.3, -0.25) is 0 Å². The van der Waals surface area contributed by atoms with Crippen LogP contribution in [0.3, 0.4) is 0 Å². The van der Waals surface area contributed by atoms with Crippen molar-refractivity contribution in [2.45, 2.75) is 13.8 Å². The second kappa shape index (κ2) is 3.74. The number of anilines is 1. The van der Waals surface area contributed by atoms with E-state index in [-0.39, 0.29) is 0 Å². The lowest BCUT2D eigenvalue weighted by Crippen LogP contribution is -1.87. The molecular weight excluding hydrogens is 198 g/mol. The van der Waals surface area contributed by atoms with Crippen molar-refractivity contribution in [2.24, 2.45) is 0 Å². The van der Waals surface area contributed by atoms with Gasteiger partial charge in [-0.1, -0.05) is 29.8 Å². The Hall–Kier alpha value is -2.21. The average Bonchev–Trinajstić information content (AvgIpc) is 2.55. The lowest BCUT2D eigenvalue weighted by molar-refractivity contribution is 1.37. The van der Waals surface area contributed by atoms with Crippen LogP contribution >= 0.6 is 0 Å². The number of nitrogens with two attached hydrogens (primary N) is 1. The summed E-state index contributed by atoms with van der Waals surface area (Å²) in [6.45, 7) is 3.95. The van der Waals surface area contributed by atoms with Crippen molar-refractivity contribution < 1.29 is 0 Å². The Morgan fingerprint density at radius 3 is 2.31 bits per heavy atom. The fourth-order valence-electron chi connectivity index (χ4n) is 1.77. The van der Waals surface area contributed by atoms with Gasteiger partial charge in [0, 0.05) is 0 Å². The molecule has 0 aliphatic rings. The summed E-state index contributed by atoms with van der Waals surface area (Å²) < 4.78 is 0. The highest BCUT2D eigenvalue weighted by molar-refractivity contribution is 5.72. The number of aryl methyl sites for hydroxylation is 1. The van der Waals surface area contributed by atoms with Crippen molar-refractivity contribution in [2.75, 3.05) is 5.73 Å². The molecule has 2 rings (SSSR count). The number of benzene rings is 1. The van der Waals surface area contributed by atoms with Crippen LogP contribution in [0.2, 0.25) is 0 Å². The molecule has 16 heavy (non-hydrogen) atoms. The number of rotatable bonds is 1. The summed E-state index contributed by atoms with van der Waals surface area (Å²) in [5, 5.41) is 8.95. The maximum absolute atomic E-state index is 8.95. The number of nitriles is 1. The molecule has 0 saturated heterocycles. The third kappa shape index (κ3) is 1.55. The van der Waals surface area contributed by atoms with E-state index in [2.05, 4.69) is 11.1 Å². The number of nitrogens with one attached hydrogen (secondary N) is 1. The molecule has 2 aromatic rings. The number of aromatic nitrogens is 1. The highest BCUT2D eigenvalue weighted by Crippen LogP contribution is 2.28. The third-order valence-electron chi connectivity index (χ3n) is 2.73. The molecule has 0 bridgehead atoms. The number of nitrogen functional groups attached to an aromatic ring is 1. The van der Waals surface area contributed by atoms with Crippen LogP contribution in [0.4, 0.5) is 5.82 Å². The van der Waals surface area contributed by atoms with Crippen molar-refractivity contribution in [3.05, 3.63) is 41.0 Å². The van der Waals surface area contributed by atoms with E-state index in [0.29, 0.717) is 11.4 Å². The Labute approximate surface area is 94.5 Å². The molecule has 0 saturated carbocycles. The van der Waals surface area contributed by atoms with Crippen LogP contribution < -0.4 is 5.73 Å². The summed E-state index contributed by atoms with van der Waals surface area (Å²) in [6, 6.07) is 10.2. The van der Waals surface area contributed by atoms with E-state index in [9.17, 15) is 0 Å². The summed E-state index contributed by atoms with van der Waals surface area (Å²) in [5.74, 6) is 0.440. The van der Waals surface area contributed by atoms with Gasteiger partial charge in [-0.2, -0.15) is 5.26 Å². The second-order valence-corrected chi connectivity index (χ2v) is 3.89. The first-order chi connectivity index (χ1) is 7.63. The molecular formula is C13H13N3. The van der Waals surface area contributed by atoms with Crippen LogP contribution in [-0.4, -0.2) is 4.98 Å². The highest BCUT2D eigenvalue weighted by Gasteiger charge is 2.12. The van der Waals surface area contributed by atoms with E-state index in [1.54, 1.807) is 0 Å². The van der Waals surface area contributed by atoms with Gasteiger partial charge in [0.05, 0.1) is 11.3 Å². The zero-order chi connectivity index (χ0) is 11.7. The Balaban J connectivity index is 2.58. The minimum absolute atomic E-state index is 0.440. The minimum atomic E-state index is 0.440. The van der Waals surface area contributed by atoms with Gasteiger partial charge in [0.15, 0.2) is 0 Å². The summed E-state index contributed by atoms with van der Waals surface area (Å²) in [4.78, 5) is 3.05. The van der Waals surface area contributed by atoms with Crippen LogP contribution in [0.25, 0.3) is 11.3 Å². The molecule has 0 atom stereocenters. The largest absolute Gasteiger partial charge is 0.384 e. The van der Waals surface area contributed by atoms with E-state index >= 15 is 0 Å². The van der Waals surface area contributed by atoms with Crippen LogP contribution in [0.5, 0.6) is 0 Å². The fourth-order valence-corrected chi connectivity index (χ4v) is 1.77. The van der Waals surface area contributed by atoms with Gasteiger partial charge in [-0.25, -0.2) is 0 Å². The highest BCUT2D eigenvalue weighted by atomic mass is 14.9. The van der Waals surface area contributed by atoms with Crippen molar-refractivity contribution in [1.82, 2.24) is 4.98 Å². The minimum Gasteiger partial charge on any atom is -0.384 e. The lowest BCUT2D eigenvalue weighted by Gasteiger charge is -2.00. The summed E-state index contributed by atoms with van der Waals surface area (Å²) in [5.41, 5.74) is 10.4. The molecule has 3 N–H and O–H groups in total. The average molecular weight is 211 g/mol. The van der Waals surface area contributed by atoms with E-state index < -0.39 is 0 Å². The van der Waals surface area contributed by atoms with Crippen molar-refractivity contribution in [3.8, 4) is 17.3 Å². The van der Waals surface area contributed by atoms with Crippen LogP contribution in [0.1, 0.15) is 16.7 Å².